The maximum Gasteiger partial charge on any atom is 0.339 e. The molecule has 176 valence electrons. The van der Waals surface area contributed by atoms with Gasteiger partial charge in [0.25, 0.3) is 0 Å². The van der Waals surface area contributed by atoms with E-state index in [1.807, 2.05) is 4.90 Å². The van der Waals surface area contributed by atoms with Crippen LogP contribution >= 0.6 is 0 Å². The maximum atomic E-state index is 13.4. The number of esters is 1. The molecule has 2 saturated carbocycles. The van der Waals surface area contributed by atoms with Gasteiger partial charge in [-0.25, -0.2) is 22.5 Å². The zero-order valence-corrected chi connectivity index (χ0v) is 20.0. The van der Waals surface area contributed by atoms with Gasteiger partial charge in [0.05, 0.1) is 17.9 Å². The van der Waals surface area contributed by atoms with Gasteiger partial charge in [-0.1, -0.05) is 13.8 Å². The van der Waals surface area contributed by atoms with E-state index in [1.165, 1.54) is 6.20 Å². The summed E-state index contributed by atoms with van der Waals surface area (Å²) in [5.41, 5.74) is -0.611. The molecule has 0 radical (unpaired) electrons. The highest BCUT2D eigenvalue weighted by atomic mass is 32.2. The van der Waals surface area contributed by atoms with Crippen LogP contribution in [0.15, 0.2) is 18.3 Å². The second kappa shape index (κ2) is 8.41. The molecule has 1 saturated heterocycles. The average Bonchev–Trinajstić information content (AvgIpc) is 2.99. The normalized spacial score (nSPS) is 28.0. The zero-order valence-electron chi connectivity index (χ0n) is 19.2. The molecule has 32 heavy (non-hydrogen) atoms. The zero-order chi connectivity index (χ0) is 23.1. The van der Waals surface area contributed by atoms with E-state index in [-0.39, 0.29) is 17.0 Å². The molecule has 0 N–H and O–H groups in total. The minimum absolute atomic E-state index is 0.0746. The number of carbonyl (C=O) groups excluding carboxylic acids is 2. The van der Waals surface area contributed by atoms with Crippen LogP contribution in [0.5, 0.6) is 0 Å². The Kier molecular flexibility index (Phi) is 6.09. The molecular weight excluding hydrogens is 430 g/mol. The van der Waals surface area contributed by atoms with Crippen molar-refractivity contribution in [2.75, 3.05) is 43.4 Å². The second-order valence-corrected chi connectivity index (χ2v) is 11.8. The molecule has 0 amide bonds. The first kappa shape index (κ1) is 23.2. The molecule has 2 aliphatic carbocycles. The third kappa shape index (κ3) is 3.83. The standard InChI is InChI=1S/C23H33N3O5S/c1-4-31-21(28)17-6-7-20(24-15-17)25-10-5-11-26(13-12-25)32(29,30)16-23-9-8-18(14-19(23)27)22(23,2)3/h6-7,15,18H,4-5,8-14,16H2,1-3H3. The van der Waals surface area contributed by atoms with Crippen molar-refractivity contribution in [2.45, 2.75) is 46.5 Å². The van der Waals surface area contributed by atoms with Gasteiger partial charge in [0.2, 0.25) is 10.0 Å². The predicted octanol–water partition coefficient (Wildman–Crippen LogP) is 2.50. The fraction of sp³-hybridized carbons (Fsp3) is 0.696. The Morgan fingerprint density at radius 2 is 2.00 bits per heavy atom. The van der Waals surface area contributed by atoms with Crippen LogP contribution in [-0.4, -0.2) is 68.0 Å². The van der Waals surface area contributed by atoms with E-state index in [2.05, 4.69) is 18.8 Å². The van der Waals surface area contributed by atoms with Crippen molar-refractivity contribution in [1.82, 2.24) is 9.29 Å². The summed E-state index contributed by atoms with van der Waals surface area (Å²) >= 11 is 0. The van der Waals surface area contributed by atoms with Crippen molar-refractivity contribution in [3.63, 3.8) is 0 Å². The Bertz CT molecular complexity index is 991. The molecule has 0 spiro atoms. The topological polar surface area (TPSA) is 96.9 Å². The molecular formula is C23H33N3O5S. The smallest absolute Gasteiger partial charge is 0.339 e. The molecule has 3 aliphatic rings. The predicted molar refractivity (Wildman–Crippen MR) is 121 cm³/mol. The number of ether oxygens (including phenoxy) is 1. The minimum atomic E-state index is -3.56. The molecule has 0 aromatic carbocycles. The minimum Gasteiger partial charge on any atom is -0.462 e. The lowest BCUT2D eigenvalue weighted by atomic mass is 9.70. The number of fused-ring (bicyclic) bond motifs is 2. The van der Waals surface area contributed by atoms with Gasteiger partial charge in [-0.3, -0.25) is 4.79 Å². The Morgan fingerprint density at radius 1 is 1.22 bits per heavy atom. The third-order valence-corrected chi connectivity index (χ3v) is 10.0. The third-order valence-electron chi connectivity index (χ3n) is 8.00. The quantitative estimate of drug-likeness (QED) is 0.598. The molecule has 2 atom stereocenters. The Labute approximate surface area is 190 Å². The van der Waals surface area contributed by atoms with E-state index in [1.54, 1.807) is 23.4 Å². The number of carbonyl (C=O) groups is 2. The lowest BCUT2D eigenvalue weighted by molar-refractivity contribution is -0.128. The van der Waals surface area contributed by atoms with Crippen molar-refractivity contribution in [3.05, 3.63) is 23.9 Å². The van der Waals surface area contributed by atoms with Gasteiger partial charge >= 0.3 is 5.97 Å². The van der Waals surface area contributed by atoms with E-state index in [9.17, 15) is 18.0 Å². The van der Waals surface area contributed by atoms with Crippen LogP contribution in [0.4, 0.5) is 5.82 Å². The lowest BCUT2D eigenvalue weighted by Gasteiger charge is -2.37. The van der Waals surface area contributed by atoms with E-state index < -0.39 is 21.4 Å². The van der Waals surface area contributed by atoms with E-state index in [0.29, 0.717) is 69.3 Å². The number of pyridine rings is 1. The maximum absolute atomic E-state index is 13.4. The molecule has 4 rings (SSSR count). The number of anilines is 1. The first-order valence-corrected chi connectivity index (χ1v) is 13.1. The average molecular weight is 464 g/mol. The molecule has 8 nitrogen and oxygen atoms in total. The van der Waals surface area contributed by atoms with Gasteiger partial charge in [0.1, 0.15) is 11.6 Å². The highest BCUT2D eigenvalue weighted by Gasteiger charge is 2.65. The monoisotopic (exact) mass is 463 g/mol. The summed E-state index contributed by atoms with van der Waals surface area (Å²) in [6.07, 6.45) is 4.31. The molecule has 9 heteroatoms. The van der Waals surface area contributed by atoms with Crippen LogP contribution in [0.2, 0.25) is 0 Å². The van der Waals surface area contributed by atoms with Gasteiger partial charge in [-0.05, 0) is 49.7 Å². The van der Waals surface area contributed by atoms with Gasteiger partial charge in [0.15, 0.2) is 0 Å². The number of rotatable bonds is 6. The summed E-state index contributed by atoms with van der Waals surface area (Å²) in [7, 11) is -3.56. The molecule has 1 aromatic heterocycles. The Hall–Kier alpha value is -2.00. The molecule has 2 unspecified atom stereocenters. The number of Topliss-reactive ketones (excluding diaryl/α,β-unsaturated/α-hetero) is 1. The van der Waals surface area contributed by atoms with Gasteiger partial charge < -0.3 is 9.64 Å². The van der Waals surface area contributed by atoms with Gasteiger partial charge in [-0.2, -0.15) is 0 Å². The Morgan fingerprint density at radius 3 is 2.59 bits per heavy atom. The van der Waals surface area contributed by atoms with Crippen molar-refractivity contribution >= 4 is 27.6 Å². The largest absolute Gasteiger partial charge is 0.462 e. The summed E-state index contributed by atoms with van der Waals surface area (Å²) in [6, 6.07) is 3.46. The van der Waals surface area contributed by atoms with Crippen LogP contribution in [0.25, 0.3) is 0 Å². The van der Waals surface area contributed by atoms with Crippen LogP contribution in [0, 0.1) is 16.7 Å². The summed E-state index contributed by atoms with van der Waals surface area (Å²) < 4.78 is 33.4. The highest BCUT2D eigenvalue weighted by Crippen LogP contribution is 2.64. The SMILES string of the molecule is CCOC(=O)c1ccc(N2CCCN(S(=O)(=O)CC34CCC(CC3=O)C4(C)C)CC2)nc1. The van der Waals surface area contributed by atoms with Crippen molar-refractivity contribution in [3.8, 4) is 0 Å². The first-order valence-electron chi connectivity index (χ1n) is 11.5. The van der Waals surface area contributed by atoms with Crippen LogP contribution < -0.4 is 4.90 Å². The van der Waals surface area contributed by atoms with Crippen LogP contribution in [-0.2, 0) is 19.6 Å². The van der Waals surface area contributed by atoms with Crippen molar-refractivity contribution < 1.29 is 22.7 Å². The first-order chi connectivity index (χ1) is 15.1. The number of hydrogen-bond acceptors (Lipinski definition) is 7. The van der Waals surface area contributed by atoms with Crippen LogP contribution in [0.3, 0.4) is 0 Å². The fourth-order valence-corrected chi connectivity index (χ4v) is 8.07. The summed E-state index contributed by atoms with van der Waals surface area (Å²) in [6.45, 7) is 8.19. The molecule has 1 aromatic rings. The van der Waals surface area contributed by atoms with Crippen molar-refractivity contribution in [2.24, 2.45) is 16.7 Å². The number of sulfonamides is 1. The second-order valence-electron chi connectivity index (χ2n) is 9.79. The van der Waals surface area contributed by atoms with Gasteiger partial charge in [0, 0.05) is 44.2 Å². The van der Waals surface area contributed by atoms with Gasteiger partial charge in [-0.15, -0.1) is 0 Å². The summed E-state index contributed by atoms with van der Waals surface area (Å²) in [5.74, 6) is 0.659. The fourth-order valence-electron chi connectivity index (χ4n) is 5.82. The Balaban J connectivity index is 1.44. The summed E-state index contributed by atoms with van der Waals surface area (Å²) in [4.78, 5) is 31.1. The molecule has 1 aliphatic heterocycles. The van der Waals surface area contributed by atoms with Crippen molar-refractivity contribution in [1.29, 1.82) is 0 Å². The van der Waals surface area contributed by atoms with E-state index in [0.717, 1.165) is 6.42 Å². The van der Waals surface area contributed by atoms with E-state index in [4.69, 9.17) is 4.74 Å². The molecule has 2 heterocycles. The molecule has 2 bridgehead atoms. The number of nitrogens with zero attached hydrogens (tertiary/aromatic N) is 3. The number of aromatic nitrogens is 1. The number of ketones is 1. The molecule has 3 fully saturated rings. The van der Waals surface area contributed by atoms with E-state index >= 15 is 0 Å². The highest BCUT2D eigenvalue weighted by molar-refractivity contribution is 7.89. The number of hydrogen-bond donors (Lipinski definition) is 0. The lowest BCUT2D eigenvalue weighted by Crippen LogP contribution is -2.47. The van der Waals surface area contributed by atoms with Crippen LogP contribution in [0.1, 0.15) is 56.8 Å². The summed E-state index contributed by atoms with van der Waals surface area (Å²) in [5, 5.41) is 0.